The van der Waals surface area contributed by atoms with Crippen LogP contribution in [-0.4, -0.2) is 75.4 Å². The Morgan fingerprint density at radius 3 is 2.50 bits per heavy atom. The van der Waals surface area contributed by atoms with Crippen LogP contribution in [0.3, 0.4) is 0 Å². The van der Waals surface area contributed by atoms with E-state index in [1.54, 1.807) is 19.2 Å². The summed E-state index contributed by atoms with van der Waals surface area (Å²) in [4.78, 5) is 29.3. The van der Waals surface area contributed by atoms with E-state index in [0.717, 1.165) is 5.56 Å². The number of piperazine rings is 1. The maximum Gasteiger partial charge on any atom is 0.253 e. The number of amides is 2. The van der Waals surface area contributed by atoms with Crippen LogP contribution in [0.4, 0.5) is 5.69 Å². The molecule has 1 N–H and O–H groups in total. The number of rotatable bonds is 7. The normalized spacial score (nSPS) is 15.5. The van der Waals surface area contributed by atoms with Crippen molar-refractivity contribution in [3.63, 3.8) is 0 Å². The number of nitrogens with one attached hydrogen (secondary N) is 1. The number of carbonyl (C=O) groups is 2. The van der Waals surface area contributed by atoms with Gasteiger partial charge in [0, 0.05) is 51.0 Å². The van der Waals surface area contributed by atoms with Gasteiger partial charge in [0.1, 0.15) is 5.75 Å². The largest absolute Gasteiger partial charge is 0.494 e. The standard InChI is InChI=1S/C23H27N3O6/c1-29-14-16-4-3-5-17(10-16)23(28)26-8-6-25(7-9-26)13-22(27)24-18-11-20-21(32-15-31-20)12-19(18)30-2/h3-5,10-12H,6-9,13-15H2,1-2H3,(H,24,27). The van der Waals surface area contributed by atoms with E-state index < -0.39 is 0 Å². The summed E-state index contributed by atoms with van der Waals surface area (Å²) in [5.74, 6) is 1.51. The minimum absolute atomic E-state index is 0.00264. The molecule has 2 aromatic carbocycles. The highest BCUT2D eigenvalue weighted by Crippen LogP contribution is 2.40. The Kier molecular flexibility index (Phi) is 6.77. The van der Waals surface area contributed by atoms with Crippen molar-refractivity contribution in [2.24, 2.45) is 0 Å². The number of benzene rings is 2. The van der Waals surface area contributed by atoms with Crippen LogP contribution in [0.5, 0.6) is 17.2 Å². The van der Waals surface area contributed by atoms with Crippen molar-refractivity contribution in [3.8, 4) is 17.2 Å². The van der Waals surface area contributed by atoms with E-state index in [4.69, 9.17) is 18.9 Å². The Hall–Kier alpha value is -3.30. The highest BCUT2D eigenvalue weighted by molar-refractivity contribution is 5.95. The van der Waals surface area contributed by atoms with E-state index in [-0.39, 0.29) is 25.2 Å². The number of hydrogen-bond acceptors (Lipinski definition) is 7. The fraction of sp³-hybridized carbons (Fsp3) is 0.391. The molecule has 2 aliphatic heterocycles. The number of fused-ring (bicyclic) bond motifs is 1. The van der Waals surface area contributed by atoms with E-state index in [1.165, 1.54) is 7.11 Å². The molecule has 2 heterocycles. The number of carbonyl (C=O) groups excluding carboxylic acids is 2. The lowest BCUT2D eigenvalue weighted by Crippen LogP contribution is -2.50. The van der Waals surface area contributed by atoms with E-state index >= 15 is 0 Å². The molecule has 9 nitrogen and oxygen atoms in total. The second-order valence-electron chi connectivity index (χ2n) is 7.66. The average Bonchev–Trinajstić information content (AvgIpc) is 3.26. The first-order valence-electron chi connectivity index (χ1n) is 10.4. The van der Waals surface area contributed by atoms with Crippen LogP contribution in [0.1, 0.15) is 15.9 Å². The van der Waals surface area contributed by atoms with E-state index in [0.29, 0.717) is 61.3 Å². The summed E-state index contributed by atoms with van der Waals surface area (Å²) in [6, 6.07) is 10.9. The number of ether oxygens (including phenoxy) is 4. The molecule has 0 radical (unpaired) electrons. The topological polar surface area (TPSA) is 89.6 Å². The molecule has 1 fully saturated rings. The Balaban J connectivity index is 1.30. The fourth-order valence-corrected chi connectivity index (χ4v) is 3.84. The first kappa shape index (κ1) is 21.9. The summed E-state index contributed by atoms with van der Waals surface area (Å²) in [6.07, 6.45) is 0. The second kappa shape index (κ2) is 9.88. The molecular formula is C23H27N3O6. The third-order valence-electron chi connectivity index (χ3n) is 5.48. The second-order valence-corrected chi connectivity index (χ2v) is 7.66. The van der Waals surface area contributed by atoms with Crippen LogP contribution in [0.2, 0.25) is 0 Å². The van der Waals surface area contributed by atoms with E-state index in [2.05, 4.69) is 5.32 Å². The molecule has 0 saturated carbocycles. The number of hydrogen-bond donors (Lipinski definition) is 1. The van der Waals surface area contributed by atoms with Gasteiger partial charge in [-0.05, 0) is 17.7 Å². The van der Waals surface area contributed by atoms with Gasteiger partial charge >= 0.3 is 0 Å². The van der Waals surface area contributed by atoms with Crippen LogP contribution in [0, 0.1) is 0 Å². The van der Waals surface area contributed by atoms with Crippen molar-refractivity contribution in [1.29, 1.82) is 0 Å². The van der Waals surface area contributed by atoms with Gasteiger partial charge in [0.05, 0.1) is 25.9 Å². The van der Waals surface area contributed by atoms with Crippen molar-refractivity contribution in [1.82, 2.24) is 9.80 Å². The Morgan fingerprint density at radius 2 is 1.78 bits per heavy atom. The first-order chi connectivity index (χ1) is 15.6. The summed E-state index contributed by atoms with van der Waals surface area (Å²) in [6.45, 7) is 3.21. The molecule has 0 unspecified atom stereocenters. The van der Waals surface area contributed by atoms with Gasteiger partial charge in [-0.25, -0.2) is 0 Å². The molecule has 2 aromatic rings. The van der Waals surface area contributed by atoms with Crippen LogP contribution in [0.15, 0.2) is 36.4 Å². The smallest absolute Gasteiger partial charge is 0.253 e. The monoisotopic (exact) mass is 441 g/mol. The highest BCUT2D eigenvalue weighted by Gasteiger charge is 2.24. The lowest BCUT2D eigenvalue weighted by atomic mass is 10.1. The van der Waals surface area contributed by atoms with Gasteiger partial charge in [0.2, 0.25) is 12.7 Å². The van der Waals surface area contributed by atoms with Crippen molar-refractivity contribution in [2.45, 2.75) is 6.61 Å². The molecule has 0 bridgehead atoms. The summed E-state index contributed by atoms with van der Waals surface area (Å²) in [5.41, 5.74) is 2.15. The molecule has 9 heteroatoms. The van der Waals surface area contributed by atoms with Crippen molar-refractivity contribution in [3.05, 3.63) is 47.5 Å². The van der Waals surface area contributed by atoms with Gasteiger partial charge in [-0.15, -0.1) is 0 Å². The summed E-state index contributed by atoms with van der Waals surface area (Å²) >= 11 is 0. The molecule has 0 aromatic heterocycles. The third kappa shape index (κ3) is 4.95. The summed E-state index contributed by atoms with van der Waals surface area (Å²) in [7, 11) is 3.17. The number of anilines is 1. The maximum atomic E-state index is 12.8. The Bertz CT molecular complexity index is 988. The SMILES string of the molecule is COCc1cccc(C(=O)N2CCN(CC(=O)Nc3cc4c(cc3OC)OCO4)CC2)c1. The summed E-state index contributed by atoms with van der Waals surface area (Å²) in [5, 5.41) is 2.88. The van der Waals surface area contributed by atoms with Crippen molar-refractivity contribution >= 4 is 17.5 Å². The molecule has 4 rings (SSSR count). The number of nitrogens with zero attached hydrogens (tertiary/aromatic N) is 2. The molecule has 0 atom stereocenters. The molecule has 0 spiro atoms. The number of methoxy groups -OCH3 is 2. The molecule has 2 amide bonds. The van der Waals surface area contributed by atoms with Gasteiger partial charge in [-0.2, -0.15) is 0 Å². The lowest BCUT2D eigenvalue weighted by molar-refractivity contribution is -0.117. The lowest BCUT2D eigenvalue weighted by Gasteiger charge is -2.34. The minimum Gasteiger partial charge on any atom is -0.494 e. The molecule has 1 saturated heterocycles. The quantitative estimate of drug-likeness (QED) is 0.703. The first-order valence-corrected chi connectivity index (χ1v) is 10.4. The average molecular weight is 441 g/mol. The van der Waals surface area contributed by atoms with Gasteiger partial charge in [0.15, 0.2) is 11.5 Å². The van der Waals surface area contributed by atoms with Crippen molar-refractivity contribution in [2.75, 3.05) is 59.1 Å². The van der Waals surface area contributed by atoms with Crippen LogP contribution in [0.25, 0.3) is 0 Å². The molecular weight excluding hydrogens is 414 g/mol. The zero-order valence-electron chi connectivity index (χ0n) is 18.3. The molecule has 0 aliphatic carbocycles. The molecule has 2 aliphatic rings. The van der Waals surface area contributed by atoms with E-state index in [9.17, 15) is 9.59 Å². The third-order valence-corrected chi connectivity index (χ3v) is 5.48. The zero-order valence-corrected chi connectivity index (χ0v) is 18.3. The fourth-order valence-electron chi connectivity index (χ4n) is 3.84. The van der Waals surface area contributed by atoms with Gasteiger partial charge in [-0.1, -0.05) is 12.1 Å². The van der Waals surface area contributed by atoms with Crippen LogP contribution >= 0.6 is 0 Å². The molecule has 170 valence electrons. The van der Waals surface area contributed by atoms with Gasteiger partial charge in [-0.3, -0.25) is 14.5 Å². The van der Waals surface area contributed by atoms with Crippen LogP contribution < -0.4 is 19.5 Å². The van der Waals surface area contributed by atoms with Crippen molar-refractivity contribution < 1.29 is 28.5 Å². The minimum atomic E-state index is -0.158. The van der Waals surface area contributed by atoms with Crippen LogP contribution in [-0.2, 0) is 16.1 Å². The Morgan fingerprint density at radius 1 is 1.03 bits per heavy atom. The highest BCUT2D eigenvalue weighted by atomic mass is 16.7. The summed E-state index contributed by atoms with van der Waals surface area (Å²) < 4.78 is 21.2. The maximum absolute atomic E-state index is 12.8. The predicted molar refractivity (Wildman–Crippen MR) is 117 cm³/mol. The predicted octanol–water partition coefficient (Wildman–Crippen LogP) is 1.97. The molecule has 32 heavy (non-hydrogen) atoms. The zero-order chi connectivity index (χ0) is 22.5. The van der Waals surface area contributed by atoms with Gasteiger partial charge < -0.3 is 29.2 Å². The van der Waals surface area contributed by atoms with Gasteiger partial charge in [0.25, 0.3) is 5.91 Å². The Labute approximate surface area is 186 Å². The van der Waals surface area contributed by atoms with E-state index in [1.807, 2.05) is 34.1 Å².